The van der Waals surface area contributed by atoms with E-state index in [4.69, 9.17) is 5.73 Å². The summed E-state index contributed by atoms with van der Waals surface area (Å²) in [4.78, 5) is 4.35. The Morgan fingerprint density at radius 2 is 2.00 bits per heavy atom. The van der Waals surface area contributed by atoms with E-state index in [1.807, 2.05) is 12.1 Å². The molecule has 0 amide bonds. The minimum absolute atomic E-state index is 0. The number of halogens is 1. The Labute approximate surface area is 126 Å². The van der Waals surface area contributed by atoms with E-state index < -0.39 is 0 Å². The Balaban J connectivity index is 0.00000162. The molecule has 1 saturated carbocycles. The Morgan fingerprint density at radius 3 is 2.56 bits per heavy atom. The summed E-state index contributed by atoms with van der Waals surface area (Å²) in [5.41, 5.74) is 8.08. The van der Waals surface area contributed by atoms with Crippen molar-refractivity contribution in [2.45, 2.75) is 32.6 Å². The Hall–Kier alpha value is -0.780. The molecule has 1 fully saturated rings. The van der Waals surface area contributed by atoms with E-state index in [1.54, 1.807) is 0 Å². The maximum atomic E-state index is 5.83. The van der Waals surface area contributed by atoms with E-state index in [9.17, 15) is 0 Å². The van der Waals surface area contributed by atoms with Gasteiger partial charge in [-0.25, -0.2) is 0 Å². The van der Waals surface area contributed by atoms with Crippen LogP contribution in [0, 0.1) is 12.8 Å². The second-order valence-corrected chi connectivity index (χ2v) is 4.84. The van der Waals surface area contributed by atoms with Gasteiger partial charge in [0, 0.05) is 12.2 Å². The van der Waals surface area contributed by atoms with Gasteiger partial charge in [-0.05, 0) is 31.4 Å². The summed E-state index contributed by atoms with van der Waals surface area (Å²) < 4.78 is 0. The molecule has 18 heavy (non-hydrogen) atoms. The van der Waals surface area contributed by atoms with Crippen LogP contribution in [0.3, 0.4) is 0 Å². The third-order valence-corrected chi connectivity index (χ3v) is 3.37. The highest BCUT2D eigenvalue weighted by atomic mass is 127. The molecule has 0 saturated heterocycles. The van der Waals surface area contributed by atoms with E-state index in [0.29, 0.717) is 5.96 Å². The van der Waals surface area contributed by atoms with Gasteiger partial charge in [0.1, 0.15) is 0 Å². The van der Waals surface area contributed by atoms with Gasteiger partial charge in [-0.2, -0.15) is 0 Å². The predicted molar refractivity (Wildman–Crippen MR) is 88.7 cm³/mol. The van der Waals surface area contributed by atoms with Crippen LogP contribution in [-0.4, -0.2) is 12.5 Å². The first kappa shape index (κ1) is 15.3. The molecule has 0 atom stereocenters. The summed E-state index contributed by atoms with van der Waals surface area (Å²) in [7, 11) is 0. The van der Waals surface area contributed by atoms with Crippen LogP contribution < -0.4 is 11.1 Å². The highest BCUT2D eigenvalue weighted by Gasteiger charge is 2.16. The lowest BCUT2D eigenvalue weighted by Crippen LogP contribution is -2.23. The monoisotopic (exact) mass is 359 g/mol. The molecule has 0 bridgehead atoms. The van der Waals surface area contributed by atoms with Crippen LogP contribution in [0.4, 0.5) is 5.69 Å². The number of anilines is 1. The molecule has 3 N–H and O–H groups in total. The molecule has 100 valence electrons. The van der Waals surface area contributed by atoms with Gasteiger partial charge in [-0.15, -0.1) is 24.0 Å². The number of benzene rings is 1. The summed E-state index contributed by atoms with van der Waals surface area (Å²) in [6.45, 7) is 2.91. The van der Waals surface area contributed by atoms with Crippen LogP contribution in [0.25, 0.3) is 0 Å². The summed E-state index contributed by atoms with van der Waals surface area (Å²) in [6, 6.07) is 8.15. The summed E-state index contributed by atoms with van der Waals surface area (Å²) >= 11 is 0. The molecule has 4 heteroatoms. The normalized spacial score (nSPS) is 15.7. The minimum atomic E-state index is 0. The molecule has 0 unspecified atom stereocenters. The molecule has 1 aliphatic carbocycles. The van der Waals surface area contributed by atoms with Crippen LogP contribution in [0.15, 0.2) is 29.3 Å². The molecule has 0 heterocycles. The Bertz CT molecular complexity index is 383. The fourth-order valence-corrected chi connectivity index (χ4v) is 1.97. The maximum Gasteiger partial charge on any atom is 0.193 e. The molecule has 0 aromatic heterocycles. The van der Waals surface area contributed by atoms with Crippen molar-refractivity contribution in [1.82, 2.24) is 0 Å². The van der Waals surface area contributed by atoms with Crippen LogP contribution in [0.2, 0.25) is 0 Å². The molecule has 1 aliphatic rings. The highest BCUT2D eigenvalue weighted by molar-refractivity contribution is 14.0. The molecule has 1 aromatic carbocycles. The lowest BCUT2D eigenvalue weighted by molar-refractivity contribution is 0.300. The van der Waals surface area contributed by atoms with E-state index >= 15 is 0 Å². The number of rotatable bonds is 4. The smallest absolute Gasteiger partial charge is 0.193 e. The van der Waals surface area contributed by atoms with Crippen LogP contribution in [0.5, 0.6) is 0 Å². The molecule has 2 rings (SSSR count). The summed E-state index contributed by atoms with van der Waals surface area (Å²) in [5.74, 6) is 1.42. The van der Waals surface area contributed by atoms with Crippen molar-refractivity contribution >= 4 is 35.6 Å². The molecule has 0 spiro atoms. The van der Waals surface area contributed by atoms with Crippen molar-refractivity contribution < 1.29 is 0 Å². The van der Waals surface area contributed by atoms with Gasteiger partial charge in [-0.3, -0.25) is 4.99 Å². The zero-order valence-corrected chi connectivity index (χ0v) is 13.2. The maximum absolute atomic E-state index is 5.83. The third-order valence-electron chi connectivity index (χ3n) is 3.37. The SMILES string of the molecule is Cc1ccc(NC(N)=NCCC2CCC2)cc1.I. The molecular formula is C14H22IN3. The highest BCUT2D eigenvalue weighted by Crippen LogP contribution is 2.29. The van der Waals surface area contributed by atoms with Crippen LogP contribution in [0.1, 0.15) is 31.2 Å². The number of nitrogens with one attached hydrogen (secondary N) is 1. The first-order chi connectivity index (χ1) is 8.24. The Morgan fingerprint density at radius 1 is 1.33 bits per heavy atom. The van der Waals surface area contributed by atoms with Gasteiger partial charge in [0.15, 0.2) is 5.96 Å². The molecule has 3 nitrogen and oxygen atoms in total. The van der Waals surface area contributed by atoms with Gasteiger partial charge in [0.25, 0.3) is 0 Å². The average molecular weight is 359 g/mol. The van der Waals surface area contributed by atoms with Crippen molar-refractivity contribution in [3.8, 4) is 0 Å². The van der Waals surface area contributed by atoms with Gasteiger partial charge < -0.3 is 11.1 Å². The lowest BCUT2D eigenvalue weighted by atomic mass is 9.83. The van der Waals surface area contributed by atoms with Crippen LogP contribution >= 0.6 is 24.0 Å². The number of guanidine groups is 1. The lowest BCUT2D eigenvalue weighted by Gasteiger charge is -2.24. The van der Waals surface area contributed by atoms with E-state index in [1.165, 1.54) is 31.2 Å². The second-order valence-electron chi connectivity index (χ2n) is 4.84. The van der Waals surface area contributed by atoms with Gasteiger partial charge in [0.2, 0.25) is 0 Å². The number of nitrogens with two attached hydrogens (primary N) is 1. The van der Waals surface area contributed by atoms with Crippen LogP contribution in [-0.2, 0) is 0 Å². The van der Waals surface area contributed by atoms with Gasteiger partial charge >= 0.3 is 0 Å². The number of aliphatic imine (C=N–C) groups is 1. The van der Waals surface area contributed by atoms with E-state index in [-0.39, 0.29) is 24.0 Å². The standard InChI is InChI=1S/C14H21N3.HI/c1-11-5-7-13(8-6-11)17-14(15)16-10-9-12-3-2-4-12;/h5-8,12H,2-4,9-10H2,1H3,(H3,15,16,17);1H. The zero-order valence-electron chi connectivity index (χ0n) is 10.9. The van der Waals surface area contributed by atoms with Crippen molar-refractivity contribution in [3.63, 3.8) is 0 Å². The number of aryl methyl sites for hydroxylation is 1. The molecule has 1 aromatic rings. The second kappa shape index (κ2) is 7.61. The fraction of sp³-hybridized carbons (Fsp3) is 0.500. The molecule has 0 aliphatic heterocycles. The van der Waals surface area contributed by atoms with Crippen molar-refractivity contribution in [2.75, 3.05) is 11.9 Å². The third kappa shape index (κ3) is 4.84. The van der Waals surface area contributed by atoms with Crippen molar-refractivity contribution in [2.24, 2.45) is 16.6 Å². The zero-order chi connectivity index (χ0) is 12.1. The van der Waals surface area contributed by atoms with Crippen molar-refractivity contribution in [3.05, 3.63) is 29.8 Å². The summed E-state index contributed by atoms with van der Waals surface area (Å²) in [5, 5.41) is 3.11. The number of hydrogen-bond acceptors (Lipinski definition) is 1. The predicted octanol–water partition coefficient (Wildman–Crippen LogP) is 3.53. The van der Waals surface area contributed by atoms with E-state index in [2.05, 4.69) is 29.4 Å². The van der Waals surface area contributed by atoms with Gasteiger partial charge in [-0.1, -0.05) is 37.0 Å². The minimum Gasteiger partial charge on any atom is -0.370 e. The molecular weight excluding hydrogens is 337 g/mol. The topological polar surface area (TPSA) is 50.4 Å². The first-order valence-corrected chi connectivity index (χ1v) is 6.37. The largest absolute Gasteiger partial charge is 0.370 e. The first-order valence-electron chi connectivity index (χ1n) is 6.37. The number of nitrogens with zero attached hydrogens (tertiary/aromatic N) is 1. The molecule has 0 radical (unpaired) electrons. The summed E-state index contributed by atoms with van der Waals surface area (Å²) in [6.07, 6.45) is 5.32. The quantitative estimate of drug-likeness (QED) is 0.491. The Kier molecular flexibility index (Phi) is 6.46. The average Bonchev–Trinajstić information content (AvgIpc) is 2.25. The van der Waals surface area contributed by atoms with E-state index in [0.717, 1.165) is 18.2 Å². The van der Waals surface area contributed by atoms with Crippen molar-refractivity contribution in [1.29, 1.82) is 0 Å². The number of hydrogen-bond donors (Lipinski definition) is 2. The fourth-order valence-electron chi connectivity index (χ4n) is 1.97. The van der Waals surface area contributed by atoms with Gasteiger partial charge in [0.05, 0.1) is 0 Å².